The molecule has 4 N–H and O–H groups in total. The second-order valence-corrected chi connectivity index (χ2v) is 19.8. The summed E-state index contributed by atoms with van der Waals surface area (Å²) in [7, 11) is 2.54. The van der Waals surface area contributed by atoms with Crippen LogP contribution in [0, 0.1) is 17.7 Å². The number of methoxy groups -OCH3 is 2. The number of alkyl carbamates (subject to hydrolysis) is 2. The zero-order chi connectivity index (χ0) is 48.1. The number of halogens is 1. The number of nitrogens with one attached hydrogen (secondary N) is 4. The van der Waals surface area contributed by atoms with Gasteiger partial charge in [-0.25, -0.2) is 28.9 Å². The van der Waals surface area contributed by atoms with Crippen LogP contribution in [0.5, 0.6) is 5.75 Å². The monoisotopic (exact) mass is 948 g/mol. The predicted molar refractivity (Wildman–Crippen MR) is 253 cm³/mol. The topological polar surface area (TPSA) is 202 Å². The number of nitrogens with zero attached hydrogens (tertiary/aromatic N) is 6. The van der Waals surface area contributed by atoms with Crippen molar-refractivity contribution in [2.75, 3.05) is 27.3 Å². The molecule has 3 unspecified atom stereocenters. The molecule has 2 fully saturated rings. The Balaban J connectivity index is 1.03. The third kappa shape index (κ3) is 8.56. The van der Waals surface area contributed by atoms with Crippen molar-refractivity contribution < 1.29 is 37.8 Å². The lowest BCUT2D eigenvalue weighted by molar-refractivity contribution is -0.136. The zero-order valence-corrected chi connectivity index (χ0v) is 40.2. The largest absolute Gasteiger partial charge is 0.464 e. The molecule has 7 heterocycles. The highest BCUT2D eigenvalue weighted by molar-refractivity contribution is 7.11. The average Bonchev–Trinajstić information content (AvgIpc) is 4.18. The Hall–Kier alpha value is -6.76. The Labute approximate surface area is 397 Å². The van der Waals surface area contributed by atoms with E-state index >= 15 is 4.39 Å². The summed E-state index contributed by atoms with van der Waals surface area (Å²) >= 11 is 1.56. The number of ether oxygens (including phenoxy) is 3. The highest BCUT2D eigenvalue weighted by atomic mass is 32.1. The van der Waals surface area contributed by atoms with E-state index in [2.05, 4.69) is 34.4 Å². The number of benzene rings is 2. The van der Waals surface area contributed by atoms with Crippen molar-refractivity contribution >= 4 is 46.2 Å². The van der Waals surface area contributed by atoms with E-state index in [1.165, 1.54) is 20.3 Å². The maximum absolute atomic E-state index is 16.9. The van der Waals surface area contributed by atoms with Crippen molar-refractivity contribution in [3.05, 3.63) is 82.3 Å². The quantitative estimate of drug-likeness (QED) is 0.0918. The van der Waals surface area contributed by atoms with E-state index in [1.807, 2.05) is 68.8 Å². The molecule has 0 aliphatic carbocycles. The molecule has 19 heteroatoms. The Morgan fingerprint density at radius 1 is 0.765 bits per heavy atom. The molecule has 358 valence electrons. The molecule has 17 nitrogen and oxygen atoms in total. The minimum absolute atomic E-state index is 0.156. The molecule has 3 aliphatic rings. The molecule has 3 aliphatic heterocycles. The van der Waals surface area contributed by atoms with E-state index in [9.17, 15) is 19.2 Å². The van der Waals surface area contributed by atoms with Crippen molar-refractivity contribution in [3.63, 3.8) is 0 Å². The Morgan fingerprint density at radius 3 is 1.87 bits per heavy atom. The molecule has 0 radical (unpaired) electrons. The maximum atomic E-state index is 16.9. The Kier molecular flexibility index (Phi) is 12.8. The molecule has 9 rings (SSSR count). The van der Waals surface area contributed by atoms with Gasteiger partial charge in [0, 0.05) is 41.7 Å². The summed E-state index contributed by atoms with van der Waals surface area (Å²) in [6.07, 6.45) is 6.20. The minimum atomic E-state index is -0.775. The third-order valence-corrected chi connectivity index (χ3v) is 14.5. The van der Waals surface area contributed by atoms with E-state index in [1.54, 1.807) is 33.5 Å². The highest BCUT2D eigenvalue weighted by Crippen LogP contribution is 2.48. The second kappa shape index (κ2) is 18.7. The average molecular weight is 949 g/mol. The smallest absolute Gasteiger partial charge is 0.407 e. The summed E-state index contributed by atoms with van der Waals surface area (Å²) in [6, 6.07) is 9.13. The van der Waals surface area contributed by atoms with Crippen molar-refractivity contribution in [2.45, 2.75) is 104 Å². The summed E-state index contributed by atoms with van der Waals surface area (Å²) in [5.74, 6) is 0.551. The molecule has 6 aromatic rings. The van der Waals surface area contributed by atoms with Crippen LogP contribution in [-0.4, -0.2) is 103 Å². The molecular weight excluding hydrogens is 892 g/mol. The van der Waals surface area contributed by atoms with Crippen LogP contribution in [0.15, 0.2) is 55.0 Å². The number of imidazole rings is 2. The fourth-order valence-corrected chi connectivity index (χ4v) is 10.6. The van der Waals surface area contributed by atoms with Gasteiger partial charge in [0.1, 0.15) is 35.3 Å². The molecule has 2 aromatic carbocycles. The van der Waals surface area contributed by atoms with Gasteiger partial charge in [0.15, 0.2) is 0 Å². The first kappa shape index (κ1) is 46.4. The van der Waals surface area contributed by atoms with Gasteiger partial charge in [-0.3, -0.25) is 14.2 Å². The van der Waals surface area contributed by atoms with Gasteiger partial charge in [-0.1, -0.05) is 47.6 Å². The van der Waals surface area contributed by atoms with Gasteiger partial charge in [-0.15, -0.1) is 11.3 Å². The lowest BCUT2D eigenvalue weighted by Crippen LogP contribution is -2.51. The second-order valence-electron chi connectivity index (χ2n) is 18.7. The number of amides is 4. The number of aromatic nitrogens is 6. The molecule has 4 aromatic heterocycles. The number of carbonyl (C=O) groups excluding carboxylic acids is 4. The number of aromatic amines is 2. The normalized spacial score (nSPS) is 18.7. The lowest BCUT2D eigenvalue weighted by Gasteiger charge is -2.30. The van der Waals surface area contributed by atoms with Gasteiger partial charge in [-0.05, 0) is 67.9 Å². The summed E-state index contributed by atoms with van der Waals surface area (Å²) < 4.78 is 35.3. The number of fused-ring (bicyclic) bond motifs is 5. The number of hydrogen-bond donors (Lipinski definition) is 4. The lowest BCUT2D eigenvalue weighted by atomic mass is 10.0. The number of carbonyl (C=O) groups is 4. The first-order chi connectivity index (χ1) is 32.6. The van der Waals surface area contributed by atoms with Crippen molar-refractivity contribution in [3.8, 4) is 39.5 Å². The summed E-state index contributed by atoms with van der Waals surface area (Å²) in [6.45, 7) is 12.7. The van der Waals surface area contributed by atoms with Gasteiger partial charge in [0.2, 0.25) is 18.0 Å². The number of thiazole rings is 1. The Bertz CT molecular complexity index is 2880. The molecule has 5 atom stereocenters. The van der Waals surface area contributed by atoms with Gasteiger partial charge in [0.05, 0.1) is 76.7 Å². The van der Waals surface area contributed by atoms with Gasteiger partial charge >= 0.3 is 12.2 Å². The van der Waals surface area contributed by atoms with E-state index in [-0.39, 0.29) is 41.7 Å². The minimum Gasteiger partial charge on any atom is -0.464 e. The molecule has 0 spiro atoms. The summed E-state index contributed by atoms with van der Waals surface area (Å²) in [5, 5.41) is 7.20. The van der Waals surface area contributed by atoms with Crippen LogP contribution in [-0.2, 0) is 19.1 Å². The zero-order valence-electron chi connectivity index (χ0n) is 39.4. The molecule has 0 saturated carbocycles. The molecular formula is C49H57FN10O7S. The standard InChI is InChI=1S/C49H57FN10O7S/c1-24(2)40(56-48(63)65-7)45(61)58-15-9-11-34(58)42-51-21-31(54-42)27-13-14-33-29(17-27)19-36-39-30(50)18-28(20-37(39)67-47(60(33)36)38-23-53-44(68-38)26(5)6)32-22-52-43(55-32)35-12-10-16-59(35)46(62)41(25(3)4)57-49(64)66-8/h13-14,17-26,34-35,40-41,47H,9-12,15-16H2,1-8H3,(H,51,54)(H,52,55)(H,56,63)(H,57,64)/t34-,35-,40?,41?,47?/m0/s1. The SMILES string of the molecule is COC(=O)NC(C(=O)N1CCC[C@H]1c1ncc(-c2cc(F)c3c(c2)OC(c2cnc(C(C)C)s2)n2c-3cc3cc(-c4cnc([C@@H]5CCCN5C(=O)C(NC(=O)OC)C(C)C)[nH]4)ccc32)[nH]1)C(C)C. The third-order valence-electron chi connectivity index (χ3n) is 13.2. The van der Waals surface area contributed by atoms with Gasteiger partial charge in [0.25, 0.3) is 0 Å². The Morgan fingerprint density at radius 2 is 1.34 bits per heavy atom. The van der Waals surface area contributed by atoms with Gasteiger partial charge < -0.3 is 44.6 Å². The van der Waals surface area contributed by atoms with E-state index in [4.69, 9.17) is 29.2 Å². The molecule has 0 bridgehead atoms. The highest BCUT2D eigenvalue weighted by Gasteiger charge is 2.40. The number of likely N-dealkylation sites (tertiary alicyclic amines) is 2. The summed E-state index contributed by atoms with van der Waals surface area (Å²) in [5.41, 5.74) is 4.49. The van der Waals surface area contributed by atoms with Crippen molar-refractivity contribution in [1.29, 1.82) is 0 Å². The fourth-order valence-electron chi connectivity index (χ4n) is 9.66. The number of H-pyrrole nitrogens is 2. The van der Waals surface area contributed by atoms with Crippen LogP contribution >= 0.6 is 11.3 Å². The fraction of sp³-hybridized carbons (Fsp3) is 0.449. The van der Waals surface area contributed by atoms with Crippen LogP contribution < -0.4 is 15.4 Å². The number of rotatable bonds is 12. The van der Waals surface area contributed by atoms with Crippen LogP contribution in [0.4, 0.5) is 14.0 Å². The molecule has 2 saturated heterocycles. The first-order valence-corrected chi connectivity index (χ1v) is 24.0. The molecule has 68 heavy (non-hydrogen) atoms. The van der Waals surface area contributed by atoms with E-state index < -0.39 is 36.3 Å². The number of hydrogen-bond acceptors (Lipinski definition) is 11. The van der Waals surface area contributed by atoms with E-state index in [0.717, 1.165) is 51.3 Å². The van der Waals surface area contributed by atoms with Crippen LogP contribution in [0.3, 0.4) is 0 Å². The van der Waals surface area contributed by atoms with Crippen molar-refractivity contribution in [2.24, 2.45) is 11.8 Å². The van der Waals surface area contributed by atoms with Crippen LogP contribution in [0.2, 0.25) is 0 Å². The maximum Gasteiger partial charge on any atom is 0.407 e. The summed E-state index contributed by atoms with van der Waals surface area (Å²) in [4.78, 5) is 77.3. The first-order valence-electron chi connectivity index (χ1n) is 23.2. The predicted octanol–water partition coefficient (Wildman–Crippen LogP) is 8.84. The van der Waals surface area contributed by atoms with Crippen LogP contribution in [0.1, 0.15) is 113 Å². The molecule has 4 amide bonds. The van der Waals surface area contributed by atoms with Crippen LogP contribution in [0.25, 0.3) is 44.7 Å². The van der Waals surface area contributed by atoms with E-state index in [0.29, 0.717) is 59.4 Å². The van der Waals surface area contributed by atoms with Gasteiger partial charge in [-0.2, -0.15) is 0 Å². The van der Waals surface area contributed by atoms with Crippen molar-refractivity contribution in [1.82, 2.24) is 49.9 Å².